The molecule has 1 saturated heterocycles. The summed E-state index contributed by atoms with van der Waals surface area (Å²) in [7, 11) is 3.77. The summed E-state index contributed by atoms with van der Waals surface area (Å²) in [6.07, 6.45) is 54.6. The minimum Gasteiger partial charge on any atom is -0.462 e. The second kappa shape index (κ2) is 48.7. The van der Waals surface area contributed by atoms with Crippen molar-refractivity contribution in [3.05, 3.63) is 0 Å². The number of hydrogen-bond donors (Lipinski definition) is 0. The van der Waals surface area contributed by atoms with Gasteiger partial charge in [0.05, 0.1) is 6.54 Å². The van der Waals surface area contributed by atoms with Gasteiger partial charge in [0.15, 0.2) is 6.29 Å². The van der Waals surface area contributed by atoms with Crippen LogP contribution in [0.5, 0.6) is 0 Å². The first kappa shape index (κ1) is 61.3. The van der Waals surface area contributed by atoms with Gasteiger partial charge in [0, 0.05) is 19.8 Å². The zero-order chi connectivity index (χ0) is 46.2. The van der Waals surface area contributed by atoms with Crippen LogP contribution < -0.4 is 0 Å². The highest BCUT2D eigenvalue weighted by Crippen LogP contribution is 2.29. The molecule has 0 aromatic rings. The predicted octanol–water partition coefficient (Wildman–Crippen LogP) is 17.0. The van der Waals surface area contributed by atoms with E-state index in [0.717, 1.165) is 19.3 Å². The van der Waals surface area contributed by atoms with Gasteiger partial charge in [-0.05, 0) is 33.4 Å². The molecule has 0 aromatic carbocycles. The molecule has 0 aliphatic carbocycles. The standard InChI is InChI=1S/C57H113NO6/c1-6-9-12-15-18-21-24-27-30-33-36-39-42-45-48-60-55-53(52-63-54(59)51-58(4)5)64-57(62-50-47-44-41-38-35-32-29-26-23-20-17-14-11-8-3)56(55)61-49-46-43-40-37-34-31-28-25-22-19-16-13-10-7-2/h53,55-57H,6-52H2,1-5H3/t53-,55?,56+,57-/m1/s1. The van der Waals surface area contributed by atoms with E-state index in [0.29, 0.717) is 19.8 Å². The van der Waals surface area contributed by atoms with Gasteiger partial charge in [-0.25, -0.2) is 0 Å². The number of carbonyl (C=O) groups is 1. The van der Waals surface area contributed by atoms with Crippen molar-refractivity contribution in [3.63, 3.8) is 0 Å². The van der Waals surface area contributed by atoms with Gasteiger partial charge in [-0.2, -0.15) is 0 Å². The SMILES string of the molecule is CCCCCCCCCCCCCCCCOC1[C@@H](COC(=O)CN(C)C)O[C@@H](OCCCCCCCCCCCCCCCC)[C@H]1OCCCCCCCCCCCCCCCC. The Labute approximate surface area is 400 Å². The van der Waals surface area contributed by atoms with Crippen LogP contribution in [-0.4, -0.2) is 82.5 Å². The minimum absolute atomic E-state index is 0.160. The lowest BCUT2D eigenvalue weighted by Gasteiger charge is -2.25. The van der Waals surface area contributed by atoms with Crippen LogP contribution in [0, 0.1) is 0 Å². The Hall–Kier alpha value is -0.730. The highest BCUT2D eigenvalue weighted by Gasteiger charge is 2.47. The maximum Gasteiger partial charge on any atom is 0.320 e. The van der Waals surface area contributed by atoms with E-state index in [1.54, 1.807) is 0 Å². The van der Waals surface area contributed by atoms with Crippen LogP contribution in [0.3, 0.4) is 0 Å². The largest absolute Gasteiger partial charge is 0.462 e. The normalized spacial score (nSPS) is 17.6. The second-order valence-electron chi connectivity index (χ2n) is 20.3. The Morgan fingerprint density at radius 3 is 0.938 bits per heavy atom. The maximum absolute atomic E-state index is 12.6. The number of rotatable bonds is 52. The van der Waals surface area contributed by atoms with Crippen LogP contribution in [0.25, 0.3) is 0 Å². The molecule has 1 aliphatic rings. The van der Waals surface area contributed by atoms with Gasteiger partial charge < -0.3 is 23.7 Å². The van der Waals surface area contributed by atoms with Crippen LogP contribution in [0.15, 0.2) is 0 Å². The van der Waals surface area contributed by atoms with Crippen molar-refractivity contribution in [2.75, 3.05) is 47.1 Å². The van der Waals surface area contributed by atoms with Crippen molar-refractivity contribution >= 4 is 5.97 Å². The molecule has 0 saturated carbocycles. The molecule has 4 atom stereocenters. The third-order valence-electron chi connectivity index (χ3n) is 13.5. The lowest BCUT2D eigenvalue weighted by atomic mass is 10.0. The summed E-state index contributed by atoms with van der Waals surface area (Å²) in [5.74, 6) is -0.244. The fraction of sp³-hybridized carbons (Fsp3) is 0.982. The molecule has 1 rings (SSSR count). The van der Waals surface area contributed by atoms with Crippen molar-refractivity contribution in [2.45, 2.75) is 315 Å². The molecule has 0 bridgehead atoms. The highest BCUT2D eigenvalue weighted by atomic mass is 16.7. The monoisotopic (exact) mass is 908 g/mol. The first-order valence-electron chi connectivity index (χ1n) is 28.8. The molecule has 1 fully saturated rings. The number of hydrogen-bond acceptors (Lipinski definition) is 7. The van der Waals surface area contributed by atoms with E-state index in [4.69, 9.17) is 23.7 Å². The van der Waals surface area contributed by atoms with E-state index in [-0.39, 0.29) is 31.3 Å². The van der Waals surface area contributed by atoms with Gasteiger partial charge in [-0.1, -0.05) is 271 Å². The molecule has 0 radical (unpaired) electrons. The predicted molar refractivity (Wildman–Crippen MR) is 275 cm³/mol. The van der Waals surface area contributed by atoms with E-state index < -0.39 is 12.4 Å². The zero-order valence-electron chi connectivity index (χ0n) is 43.9. The maximum atomic E-state index is 12.6. The summed E-state index contributed by atoms with van der Waals surface area (Å²) < 4.78 is 32.1. The molecule has 0 aromatic heterocycles. The number of carbonyl (C=O) groups excluding carboxylic acids is 1. The van der Waals surface area contributed by atoms with E-state index in [9.17, 15) is 4.79 Å². The highest BCUT2D eigenvalue weighted by molar-refractivity contribution is 5.71. The fourth-order valence-electron chi connectivity index (χ4n) is 9.34. The van der Waals surface area contributed by atoms with Gasteiger partial charge in [-0.15, -0.1) is 0 Å². The molecule has 64 heavy (non-hydrogen) atoms. The molecular formula is C57H113NO6. The number of ether oxygens (including phenoxy) is 5. The number of esters is 1. The molecule has 7 nitrogen and oxygen atoms in total. The summed E-state index contributed by atoms with van der Waals surface area (Å²) in [5, 5.41) is 0. The smallest absolute Gasteiger partial charge is 0.320 e. The summed E-state index contributed by atoms with van der Waals surface area (Å²) >= 11 is 0. The molecular weight excluding hydrogens is 795 g/mol. The first-order chi connectivity index (χ1) is 31.5. The summed E-state index contributed by atoms with van der Waals surface area (Å²) in [5.41, 5.74) is 0. The van der Waals surface area contributed by atoms with Crippen molar-refractivity contribution in [3.8, 4) is 0 Å². The van der Waals surface area contributed by atoms with Crippen molar-refractivity contribution in [1.29, 1.82) is 0 Å². The molecule has 382 valence electrons. The quantitative estimate of drug-likeness (QED) is 0.0445. The molecule has 0 N–H and O–H groups in total. The number of unbranched alkanes of at least 4 members (excludes halogenated alkanes) is 39. The Balaban J connectivity index is 2.57. The first-order valence-corrected chi connectivity index (χ1v) is 28.8. The minimum atomic E-state index is -0.507. The van der Waals surface area contributed by atoms with E-state index in [1.807, 2.05) is 19.0 Å². The molecule has 7 heteroatoms. The van der Waals surface area contributed by atoms with Crippen LogP contribution in [0.1, 0.15) is 290 Å². The fourth-order valence-corrected chi connectivity index (χ4v) is 9.34. The molecule has 1 aliphatic heterocycles. The second-order valence-corrected chi connectivity index (χ2v) is 20.3. The third-order valence-corrected chi connectivity index (χ3v) is 13.5. The summed E-state index contributed by atoms with van der Waals surface area (Å²) in [4.78, 5) is 14.5. The zero-order valence-corrected chi connectivity index (χ0v) is 43.9. The average Bonchev–Trinajstić information content (AvgIpc) is 3.61. The van der Waals surface area contributed by atoms with Gasteiger partial charge in [-0.3, -0.25) is 9.69 Å². The van der Waals surface area contributed by atoms with Gasteiger partial charge >= 0.3 is 5.97 Å². The Kier molecular flexibility index (Phi) is 46.7. The van der Waals surface area contributed by atoms with Gasteiger partial charge in [0.2, 0.25) is 0 Å². The Bertz CT molecular complexity index is 934. The number of likely N-dealkylation sites (N-methyl/N-ethyl adjacent to an activating group) is 1. The summed E-state index contributed by atoms with van der Waals surface area (Å²) in [6.45, 7) is 9.28. The van der Waals surface area contributed by atoms with Crippen molar-refractivity contribution in [1.82, 2.24) is 4.90 Å². The van der Waals surface area contributed by atoms with Crippen LogP contribution in [-0.2, 0) is 28.5 Å². The average molecular weight is 909 g/mol. The molecule has 0 amide bonds. The van der Waals surface area contributed by atoms with Crippen LogP contribution in [0.4, 0.5) is 0 Å². The van der Waals surface area contributed by atoms with E-state index >= 15 is 0 Å². The Morgan fingerprint density at radius 1 is 0.375 bits per heavy atom. The van der Waals surface area contributed by atoms with Crippen LogP contribution >= 0.6 is 0 Å². The third kappa shape index (κ3) is 39.3. The summed E-state index contributed by atoms with van der Waals surface area (Å²) in [6, 6.07) is 0. The van der Waals surface area contributed by atoms with Crippen molar-refractivity contribution < 1.29 is 28.5 Å². The number of nitrogens with zero attached hydrogens (tertiary/aromatic N) is 1. The van der Waals surface area contributed by atoms with E-state index in [1.165, 1.54) is 250 Å². The topological polar surface area (TPSA) is 66.5 Å². The van der Waals surface area contributed by atoms with Gasteiger partial charge in [0.25, 0.3) is 0 Å². The van der Waals surface area contributed by atoms with Crippen LogP contribution in [0.2, 0.25) is 0 Å². The molecule has 1 unspecified atom stereocenters. The van der Waals surface area contributed by atoms with E-state index in [2.05, 4.69) is 20.8 Å². The Morgan fingerprint density at radius 2 is 0.641 bits per heavy atom. The lowest BCUT2D eigenvalue weighted by molar-refractivity contribution is -0.184. The molecule has 1 heterocycles. The lowest BCUT2D eigenvalue weighted by Crippen LogP contribution is -2.40. The van der Waals surface area contributed by atoms with Crippen molar-refractivity contribution in [2.24, 2.45) is 0 Å². The van der Waals surface area contributed by atoms with Gasteiger partial charge in [0.1, 0.15) is 24.9 Å². The molecule has 0 spiro atoms.